The quantitative estimate of drug-likeness (QED) is 0.444. The number of hydrogen-bond acceptors (Lipinski definition) is 4. The van der Waals surface area contributed by atoms with Gasteiger partial charge in [-0.05, 0) is 30.2 Å². The molecular weight excluding hydrogens is 447 g/mol. The smallest absolute Gasteiger partial charge is 0.418 e. The van der Waals surface area contributed by atoms with Crippen molar-refractivity contribution in [1.29, 1.82) is 0 Å². The molecule has 2 amide bonds. The largest absolute Gasteiger partial charge is 0.444 e. The molecule has 1 aliphatic heterocycles. The monoisotopic (exact) mass is 468 g/mol. The van der Waals surface area contributed by atoms with Gasteiger partial charge in [0.05, 0.1) is 6.54 Å². The number of hydrogen-bond donors (Lipinski definition) is 0. The van der Waals surface area contributed by atoms with E-state index in [0.717, 1.165) is 16.0 Å². The normalized spacial score (nSPS) is 17.4. The minimum absolute atomic E-state index is 0.0305. The van der Waals surface area contributed by atoms with Gasteiger partial charge in [-0.25, -0.2) is 9.69 Å². The van der Waals surface area contributed by atoms with Crippen LogP contribution in [0.25, 0.3) is 0 Å². The van der Waals surface area contributed by atoms with Gasteiger partial charge in [0, 0.05) is 21.7 Å². The topological polar surface area (TPSA) is 49.9 Å². The third kappa shape index (κ3) is 4.51. The van der Waals surface area contributed by atoms with Gasteiger partial charge < -0.3 is 4.74 Å². The second-order valence-electron chi connectivity index (χ2n) is 7.57. The van der Waals surface area contributed by atoms with E-state index in [4.69, 9.17) is 27.9 Å². The van der Waals surface area contributed by atoms with Gasteiger partial charge in [0.25, 0.3) is 0 Å². The van der Waals surface area contributed by atoms with Crippen LogP contribution in [0.3, 0.4) is 0 Å². The van der Waals surface area contributed by atoms with Gasteiger partial charge in [-0.3, -0.25) is 9.69 Å². The molecule has 4 rings (SSSR count). The van der Waals surface area contributed by atoms with E-state index >= 15 is 0 Å². The maximum Gasteiger partial charge on any atom is 0.418 e. The highest BCUT2D eigenvalue weighted by Gasteiger charge is 2.47. The van der Waals surface area contributed by atoms with E-state index in [1.165, 1.54) is 0 Å². The van der Waals surface area contributed by atoms with Gasteiger partial charge in [-0.1, -0.05) is 89.9 Å². The summed E-state index contributed by atoms with van der Waals surface area (Å²) >= 11 is 13.0. The summed E-state index contributed by atoms with van der Waals surface area (Å²) in [5.74, 6) is -0.369. The zero-order valence-corrected chi connectivity index (χ0v) is 19.0. The number of benzene rings is 3. The van der Waals surface area contributed by atoms with Crippen molar-refractivity contribution in [2.75, 3.05) is 6.54 Å². The molecule has 5 nitrogen and oxygen atoms in total. The standard InChI is InChI=1S/C25H22Cl2N2O3/c1-17(19-11-6-3-7-12-19)28-15-22(30)29(24(28)23-20(26)13-8-14-21(23)27)25(31)32-16-18-9-4-2-5-10-18/h2-14,17,24H,15-16H2,1H3/t17-,24+/m0/s1. The van der Waals surface area contributed by atoms with Crippen molar-refractivity contribution in [2.45, 2.75) is 25.7 Å². The Morgan fingerprint density at radius 2 is 1.56 bits per heavy atom. The maximum absolute atomic E-state index is 13.1. The summed E-state index contributed by atoms with van der Waals surface area (Å²) < 4.78 is 5.50. The van der Waals surface area contributed by atoms with Crippen LogP contribution in [0, 0.1) is 0 Å². The number of imide groups is 1. The minimum Gasteiger partial charge on any atom is -0.444 e. The molecule has 1 aliphatic rings. The molecule has 7 heteroatoms. The molecule has 0 saturated carbocycles. The number of ether oxygens (including phenoxy) is 1. The van der Waals surface area contributed by atoms with Crippen LogP contribution in [-0.2, 0) is 16.1 Å². The third-order valence-corrected chi connectivity index (χ3v) is 6.24. The number of halogens is 2. The number of nitrogens with zero attached hydrogens (tertiary/aromatic N) is 2. The fourth-order valence-corrected chi connectivity index (χ4v) is 4.51. The molecule has 0 spiro atoms. The molecule has 0 aromatic heterocycles. The summed E-state index contributed by atoms with van der Waals surface area (Å²) in [5, 5.41) is 0.756. The van der Waals surface area contributed by atoms with E-state index in [2.05, 4.69) is 0 Å². The summed E-state index contributed by atoms with van der Waals surface area (Å²) in [5.41, 5.74) is 2.34. The van der Waals surface area contributed by atoms with Crippen LogP contribution in [0.15, 0.2) is 78.9 Å². The van der Waals surface area contributed by atoms with E-state index in [1.54, 1.807) is 18.2 Å². The minimum atomic E-state index is -0.790. The van der Waals surface area contributed by atoms with Crippen LogP contribution in [0.5, 0.6) is 0 Å². The zero-order valence-electron chi connectivity index (χ0n) is 17.4. The lowest BCUT2D eigenvalue weighted by molar-refractivity contribution is -0.126. The average molecular weight is 469 g/mol. The Morgan fingerprint density at radius 1 is 0.969 bits per heavy atom. The first-order chi connectivity index (χ1) is 15.5. The molecule has 0 radical (unpaired) electrons. The Kier molecular flexibility index (Phi) is 6.80. The first-order valence-corrected chi connectivity index (χ1v) is 11.0. The van der Waals surface area contributed by atoms with Crippen LogP contribution in [-0.4, -0.2) is 28.3 Å². The molecule has 0 unspecified atom stereocenters. The van der Waals surface area contributed by atoms with Gasteiger partial charge in [-0.2, -0.15) is 0 Å². The van der Waals surface area contributed by atoms with E-state index < -0.39 is 12.3 Å². The lowest BCUT2D eigenvalue weighted by atomic mass is 10.0. The Bertz CT molecular complexity index is 1090. The van der Waals surface area contributed by atoms with E-state index in [0.29, 0.717) is 15.6 Å². The van der Waals surface area contributed by atoms with Crippen LogP contribution in [0.4, 0.5) is 4.79 Å². The van der Waals surface area contributed by atoms with Crippen molar-refractivity contribution in [3.63, 3.8) is 0 Å². The highest BCUT2D eigenvalue weighted by molar-refractivity contribution is 6.36. The molecule has 0 bridgehead atoms. The second kappa shape index (κ2) is 9.74. The molecule has 0 N–H and O–H groups in total. The van der Waals surface area contributed by atoms with Gasteiger partial charge in [0.2, 0.25) is 5.91 Å². The molecule has 32 heavy (non-hydrogen) atoms. The highest BCUT2D eigenvalue weighted by Crippen LogP contribution is 2.43. The van der Waals surface area contributed by atoms with Gasteiger partial charge in [0.15, 0.2) is 0 Å². The first kappa shape index (κ1) is 22.3. The fourth-order valence-electron chi connectivity index (χ4n) is 3.92. The van der Waals surface area contributed by atoms with Crippen LogP contribution >= 0.6 is 23.2 Å². The van der Waals surface area contributed by atoms with Crippen LogP contribution in [0.1, 0.15) is 35.8 Å². The predicted octanol–water partition coefficient (Wildman–Crippen LogP) is 6.23. The van der Waals surface area contributed by atoms with Crippen molar-refractivity contribution in [3.8, 4) is 0 Å². The van der Waals surface area contributed by atoms with Gasteiger partial charge in [-0.15, -0.1) is 0 Å². The molecular formula is C25H22Cl2N2O3. The van der Waals surface area contributed by atoms with E-state index in [9.17, 15) is 9.59 Å². The predicted molar refractivity (Wildman–Crippen MR) is 124 cm³/mol. The SMILES string of the molecule is C[C@@H](c1ccccc1)N1CC(=O)N(C(=O)OCc2ccccc2)[C@@H]1c1c(Cl)cccc1Cl. The molecule has 1 fully saturated rings. The van der Waals surface area contributed by atoms with Crippen molar-refractivity contribution < 1.29 is 14.3 Å². The third-order valence-electron chi connectivity index (χ3n) is 5.58. The van der Waals surface area contributed by atoms with Gasteiger partial charge in [0.1, 0.15) is 12.8 Å². The summed E-state index contributed by atoms with van der Waals surface area (Å²) in [6.07, 6.45) is -1.52. The second-order valence-corrected chi connectivity index (χ2v) is 8.39. The average Bonchev–Trinajstić information content (AvgIpc) is 3.15. The first-order valence-electron chi connectivity index (χ1n) is 10.2. The van der Waals surface area contributed by atoms with Crippen molar-refractivity contribution >= 4 is 35.2 Å². The number of carbonyl (C=O) groups is 2. The van der Waals surface area contributed by atoms with Crippen LogP contribution < -0.4 is 0 Å². The summed E-state index contributed by atoms with van der Waals surface area (Å²) in [6.45, 7) is 2.07. The van der Waals surface area contributed by atoms with Crippen molar-refractivity contribution in [3.05, 3.63) is 106 Å². The molecule has 3 aromatic rings. The lowest BCUT2D eigenvalue weighted by Crippen LogP contribution is -2.38. The Balaban J connectivity index is 1.69. The maximum atomic E-state index is 13.1. The lowest BCUT2D eigenvalue weighted by Gasteiger charge is -2.33. The number of amides is 2. The van der Waals surface area contributed by atoms with E-state index in [-0.39, 0.29) is 25.1 Å². The van der Waals surface area contributed by atoms with E-state index in [1.807, 2.05) is 72.5 Å². The molecule has 3 aromatic carbocycles. The fraction of sp³-hybridized carbons (Fsp3) is 0.200. The summed E-state index contributed by atoms with van der Waals surface area (Å²) in [7, 11) is 0. The summed E-state index contributed by atoms with van der Waals surface area (Å²) in [4.78, 5) is 29.2. The highest BCUT2D eigenvalue weighted by atomic mass is 35.5. The molecule has 1 saturated heterocycles. The zero-order chi connectivity index (χ0) is 22.7. The Hall–Kier alpha value is -2.86. The van der Waals surface area contributed by atoms with Crippen molar-refractivity contribution in [2.24, 2.45) is 0 Å². The van der Waals surface area contributed by atoms with Gasteiger partial charge >= 0.3 is 6.09 Å². The molecule has 164 valence electrons. The molecule has 2 atom stereocenters. The Morgan fingerprint density at radius 3 is 2.19 bits per heavy atom. The van der Waals surface area contributed by atoms with Crippen molar-refractivity contribution in [1.82, 2.24) is 9.80 Å². The molecule has 0 aliphatic carbocycles. The summed E-state index contributed by atoms with van der Waals surface area (Å²) in [6, 6.07) is 24.0. The number of rotatable bonds is 5. The number of carbonyl (C=O) groups excluding carboxylic acids is 2. The van der Waals surface area contributed by atoms with Crippen LogP contribution in [0.2, 0.25) is 10.0 Å². The molecule has 1 heterocycles. The Labute approximate surface area is 197 Å².